The second-order valence-corrected chi connectivity index (χ2v) is 5.56. The maximum Gasteiger partial charge on any atom is 0.300 e. The van der Waals surface area contributed by atoms with Gasteiger partial charge in [0.05, 0.1) is 10.6 Å². The summed E-state index contributed by atoms with van der Waals surface area (Å²) in [7, 11) is 0. The summed E-state index contributed by atoms with van der Waals surface area (Å²) in [5.41, 5.74) is 1.28. The van der Waals surface area contributed by atoms with E-state index in [0.29, 0.717) is 11.6 Å². The first-order valence-electron chi connectivity index (χ1n) is 5.99. The number of hydrogen-bond donors (Lipinski definition) is 1. The van der Waals surface area contributed by atoms with E-state index in [2.05, 4.69) is 20.3 Å². The molecule has 3 rings (SSSR count). The standard InChI is InChI=1S/C11H12N4O3S/c16-15(17)9-4-3-8(10-11(9)14-18-13-10)12-7-2-1-5-19-6-7/h3-4,7,12H,1-2,5-6H2. The fourth-order valence-corrected chi connectivity index (χ4v) is 3.26. The van der Waals surface area contributed by atoms with Crippen molar-refractivity contribution in [1.29, 1.82) is 0 Å². The van der Waals surface area contributed by atoms with Crippen LogP contribution in [0.2, 0.25) is 0 Å². The van der Waals surface area contributed by atoms with Crippen molar-refractivity contribution in [2.75, 3.05) is 16.8 Å². The molecule has 0 saturated carbocycles. The molecule has 0 spiro atoms. The Morgan fingerprint density at radius 2 is 2.26 bits per heavy atom. The Hall–Kier alpha value is -1.83. The number of thioether (sulfide) groups is 1. The minimum absolute atomic E-state index is 0.0835. The third kappa shape index (κ3) is 2.35. The summed E-state index contributed by atoms with van der Waals surface area (Å²) in [5.74, 6) is 2.23. The maximum absolute atomic E-state index is 10.9. The molecule has 1 fully saturated rings. The Balaban J connectivity index is 1.93. The smallest absolute Gasteiger partial charge is 0.300 e. The van der Waals surface area contributed by atoms with Crippen molar-refractivity contribution in [2.45, 2.75) is 18.9 Å². The van der Waals surface area contributed by atoms with Crippen LogP contribution in [0.15, 0.2) is 16.8 Å². The molecule has 1 atom stereocenters. The number of fused-ring (bicyclic) bond motifs is 1. The van der Waals surface area contributed by atoms with Crippen LogP contribution < -0.4 is 5.32 Å². The number of nitro benzene ring substituents is 1. The predicted molar refractivity (Wildman–Crippen MR) is 72.4 cm³/mol. The first-order valence-corrected chi connectivity index (χ1v) is 7.15. The van der Waals surface area contributed by atoms with E-state index in [1.807, 2.05) is 11.8 Å². The number of nitrogens with zero attached hydrogens (tertiary/aromatic N) is 3. The third-order valence-electron chi connectivity index (χ3n) is 3.11. The lowest BCUT2D eigenvalue weighted by Gasteiger charge is -2.23. The minimum Gasteiger partial charge on any atom is -0.380 e. The molecule has 0 amide bonds. The molecule has 1 saturated heterocycles. The quantitative estimate of drug-likeness (QED) is 0.681. The van der Waals surface area contributed by atoms with Crippen LogP contribution in [0.1, 0.15) is 12.8 Å². The van der Waals surface area contributed by atoms with Gasteiger partial charge in [0.2, 0.25) is 5.52 Å². The van der Waals surface area contributed by atoms with Gasteiger partial charge in [0.1, 0.15) is 0 Å². The highest BCUT2D eigenvalue weighted by atomic mass is 32.2. The molecule has 100 valence electrons. The average molecular weight is 280 g/mol. The van der Waals surface area contributed by atoms with E-state index in [-0.39, 0.29) is 11.2 Å². The Bertz CT molecular complexity index is 609. The molecule has 7 nitrogen and oxygen atoms in total. The molecule has 0 bridgehead atoms. The fourth-order valence-electron chi connectivity index (χ4n) is 2.19. The van der Waals surface area contributed by atoms with Crippen LogP contribution in [0.3, 0.4) is 0 Å². The van der Waals surface area contributed by atoms with E-state index in [4.69, 9.17) is 0 Å². The highest BCUT2D eigenvalue weighted by Crippen LogP contribution is 2.30. The molecule has 1 aromatic heterocycles. The zero-order valence-electron chi connectivity index (χ0n) is 10.0. The van der Waals surface area contributed by atoms with Crippen molar-refractivity contribution in [3.8, 4) is 0 Å². The van der Waals surface area contributed by atoms with Crippen molar-refractivity contribution < 1.29 is 9.55 Å². The highest BCUT2D eigenvalue weighted by molar-refractivity contribution is 7.99. The first-order chi connectivity index (χ1) is 9.25. The largest absolute Gasteiger partial charge is 0.380 e. The van der Waals surface area contributed by atoms with Gasteiger partial charge in [-0.25, -0.2) is 4.63 Å². The van der Waals surface area contributed by atoms with E-state index in [0.717, 1.165) is 17.9 Å². The molecule has 0 radical (unpaired) electrons. The molecular weight excluding hydrogens is 268 g/mol. The summed E-state index contributed by atoms with van der Waals surface area (Å²) in [6.07, 6.45) is 2.27. The average Bonchev–Trinajstić information content (AvgIpc) is 2.89. The molecule has 1 aromatic carbocycles. The van der Waals surface area contributed by atoms with Gasteiger partial charge >= 0.3 is 5.69 Å². The minimum atomic E-state index is -0.479. The van der Waals surface area contributed by atoms with Crippen LogP contribution >= 0.6 is 11.8 Å². The second kappa shape index (κ2) is 5.04. The summed E-state index contributed by atoms with van der Waals surface area (Å²) >= 11 is 1.91. The van der Waals surface area contributed by atoms with Crippen LogP contribution in [-0.2, 0) is 0 Å². The number of non-ortho nitro benzene ring substituents is 1. The Kier molecular flexibility index (Phi) is 3.24. The van der Waals surface area contributed by atoms with Gasteiger partial charge in [0.25, 0.3) is 0 Å². The van der Waals surface area contributed by atoms with E-state index >= 15 is 0 Å². The van der Waals surface area contributed by atoms with Gasteiger partial charge in [-0.3, -0.25) is 10.1 Å². The van der Waals surface area contributed by atoms with Gasteiger partial charge in [-0.1, -0.05) is 0 Å². The van der Waals surface area contributed by atoms with Crippen LogP contribution in [-0.4, -0.2) is 32.8 Å². The summed E-state index contributed by atoms with van der Waals surface area (Å²) in [5, 5.41) is 21.6. The third-order valence-corrected chi connectivity index (χ3v) is 4.33. The molecule has 0 aliphatic carbocycles. The lowest BCUT2D eigenvalue weighted by atomic mass is 10.1. The Morgan fingerprint density at radius 3 is 3.00 bits per heavy atom. The zero-order valence-corrected chi connectivity index (χ0v) is 10.9. The highest BCUT2D eigenvalue weighted by Gasteiger charge is 2.21. The van der Waals surface area contributed by atoms with E-state index < -0.39 is 4.92 Å². The zero-order chi connectivity index (χ0) is 13.2. The normalized spacial score (nSPS) is 19.5. The number of nitro groups is 1. The maximum atomic E-state index is 10.9. The molecule has 2 heterocycles. The van der Waals surface area contributed by atoms with Gasteiger partial charge in [-0.15, -0.1) is 0 Å². The topological polar surface area (TPSA) is 94.1 Å². The Labute approximate surface area is 112 Å². The summed E-state index contributed by atoms with van der Waals surface area (Å²) in [6, 6.07) is 3.47. The summed E-state index contributed by atoms with van der Waals surface area (Å²) in [4.78, 5) is 10.4. The predicted octanol–water partition coefficient (Wildman–Crippen LogP) is 2.44. The number of rotatable bonds is 3. The van der Waals surface area contributed by atoms with Crippen molar-refractivity contribution in [1.82, 2.24) is 10.3 Å². The van der Waals surface area contributed by atoms with Crippen LogP contribution in [0.4, 0.5) is 11.4 Å². The fraction of sp³-hybridized carbons (Fsp3) is 0.455. The van der Waals surface area contributed by atoms with Gasteiger partial charge in [-0.2, -0.15) is 11.8 Å². The molecule has 8 heteroatoms. The van der Waals surface area contributed by atoms with Crippen molar-refractivity contribution >= 4 is 34.2 Å². The molecular formula is C11H12N4O3S. The van der Waals surface area contributed by atoms with Gasteiger partial charge < -0.3 is 5.32 Å². The SMILES string of the molecule is O=[N+]([O-])c1ccc(NC2CCCSC2)c2nonc12. The number of nitrogens with one attached hydrogen (secondary N) is 1. The second-order valence-electron chi connectivity index (χ2n) is 4.41. The lowest BCUT2D eigenvalue weighted by molar-refractivity contribution is -0.383. The van der Waals surface area contributed by atoms with Crippen LogP contribution in [0.5, 0.6) is 0 Å². The lowest BCUT2D eigenvalue weighted by Crippen LogP contribution is -2.25. The summed E-state index contributed by atoms with van der Waals surface area (Å²) in [6.45, 7) is 0. The van der Waals surface area contributed by atoms with E-state index in [9.17, 15) is 10.1 Å². The van der Waals surface area contributed by atoms with Gasteiger partial charge in [-0.05, 0) is 35.0 Å². The molecule has 2 aromatic rings. The number of hydrogen-bond acceptors (Lipinski definition) is 7. The monoisotopic (exact) mass is 280 g/mol. The molecule has 1 N–H and O–H groups in total. The first kappa shape index (κ1) is 12.2. The van der Waals surface area contributed by atoms with Gasteiger partial charge in [0.15, 0.2) is 5.52 Å². The number of aromatic nitrogens is 2. The molecule has 1 aliphatic heterocycles. The van der Waals surface area contributed by atoms with Crippen LogP contribution in [0.25, 0.3) is 11.0 Å². The van der Waals surface area contributed by atoms with E-state index in [1.54, 1.807) is 6.07 Å². The van der Waals surface area contributed by atoms with Gasteiger partial charge in [0, 0.05) is 17.9 Å². The van der Waals surface area contributed by atoms with E-state index in [1.165, 1.54) is 18.2 Å². The van der Waals surface area contributed by atoms with Crippen LogP contribution in [0, 0.1) is 10.1 Å². The Morgan fingerprint density at radius 1 is 1.42 bits per heavy atom. The summed E-state index contributed by atoms with van der Waals surface area (Å²) < 4.78 is 4.64. The number of benzene rings is 1. The van der Waals surface area contributed by atoms with Crippen molar-refractivity contribution in [3.05, 3.63) is 22.2 Å². The molecule has 19 heavy (non-hydrogen) atoms. The molecule has 1 aliphatic rings. The molecule has 1 unspecified atom stereocenters. The van der Waals surface area contributed by atoms with Crippen molar-refractivity contribution in [2.24, 2.45) is 0 Å². The van der Waals surface area contributed by atoms with Crippen molar-refractivity contribution in [3.63, 3.8) is 0 Å². The number of anilines is 1.